The van der Waals surface area contributed by atoms with Gasteiger partial charge in [0, 0.05) is 25.7 Å². The van der Waals surface area contributed by atoms with Gasteiger partial charge in [0.05, 0.1) is 17.7 Å². The monoisotopic (exact) mass is 449 g/mol. The summed E-state index contributed by atoms with van der Waals surface area (Å²) in [7, 11) is -2.05. The fourth-order valence-electron chi connectivity index (χ4n) is 3.20. The van der Waals surface area contributed by atoms with E-state index in [0.717, 1.165) is 0 Å². The van der Waals surface area contributed by atoms with E-state index >= 15 is 0 Å². The number of nitrogens with zero attached hydrogens (tertiary/aromatic N) is 2. The van der Waals surface area contributed by atoms with E-state index in [1.165, 1.54) is 39.7 Å². The normalized spacial score (nSPS) is 12.7. The van der Waals surface area contributed by atoms with Gasteiger partial charge < -0.3 is 14.6 Å². The minimum atomic E-state index is -3.69. The summed E-state index contributed by atoms with van der Waals surface area (Å²) in [4.78, 5) is 27.4. The molecule has 1 N–H and O–H groups in total. The molecule has 8 nitrogen and oxygen atoms in total. The highest BCUT2D eigenvalue weighted by Crippen LogP contribution is 2.18. The van der Waals surface area contributed by atoms with E-state index in [1.54, 1.807) is 33.0 Å². The second kappa shape index (κ2) is 10.6. The van der Waals surface area contributed by atoms with Crippen LogP contribution >= 0.6 is 0 Å². The standard InChI is InChI=1S/C22H31N3O5S/c1-6-25(7-2)31(28,29)19-12-8-10-17(14-19)21(26)23-20(16(3)4)22(27)24(5)15-18-11-9-13-30-18/h8-14,16,20H,6-7,15H2,1-5H3,(H,23,26)/t20-/m0/s1. The molecule has 1 heterocycles. The van der Waals surface area contributed by atoms with Crippen LogP contribution < -0.4 is 5.32 Å². The summed E-state index contributed by atoms with van der Waals surface area (Å²) in [5.41, 5.74) is 0.181. The number of furan rings is 1. The van der Waals surface area contributed by atoms with Gasteiger partial charge in [-0.2, -0.15) is 4.31 Å². The van der Waals surface area contributed by atoms with Crippen molar-refractivity contribution in [2.45, 2.75) is 45.2 Å². The van der Waals surface area contributed by atoms with Crippen LogP contribution in [0.3, 0.4) is 0 Å². The first-order valence-electron chi connectivity index (χ1n) is 10.3. The Balaban J connectivity index is 2.20. The van der Waals surface area contributed by atoms with Crippen LogP contribution in [-0.4, -0.2) is 55.6 Å². The van der Waals surface area contributed by atoms with Crippen molar-refractivity contribution in [1.82, 2.24) is 14.5 Å². The molecule has 0 saturated heterocycles. The van der Waals surface area contributed by atoms with E-state index in [-0.39, 0.29) is 28.8 Å². The van der Waals surface area contributed by atoms with E-state index in [4.69, 9.17) is 4.42 Å². The molecular weight excluding hydrogens is 418 g/mol. The first-order valence-corrected chi connectivity index (χ1v) is 11.7. The highest BCUT2D eigenvalue weighted by molar-refractivity contribution is 7.89. The van der Waals surface area contributed by atoms with Gasteiger partial charge in [-0.25, -0.2) is 8.42 Å². The first kappa shape index (κ1) is 24.6. The Bertz CT molecular complexity index is 982. The van der Waals surface area contributed by atoms with Gasteiger partial charge in [-0.15, -0.1) is 0 Å². The maximum Gasteiger partial charge on any atom is 0.251 e. The third-order valence-corrected chi connectivity index (χ3v) is 7.05. The molecule has 0 aliphatic rings. The van der Waals surface area contributed by atoms with Crippen molar-refractivity contribution in [1.29, 1.82) is 0 Å². The number of nitrogens with one attached hydrogen (secondary N) is 1. The molecule has 2 amide bonds. The molecule has 1 atom stereocenters. The molecule has 0 aliphatic carbocycles. The van der Waals surface area contributed by atoms with E-state index in [0.29, 0.717) is 18.8 Å². The molecule has 0 spiro atoms. The van der Waals surface area contributed by atoms with Gasteiger partial charge in [0.2, 0.25) is 15.9 Å². The predicted octanol–water partition coefficient (Wildman–Crippen LogP) is 2.72. The quantitative estimate of drug-likeness (QED) is 0.601. The number of carbonyl (C=O) groups excluding carboxylic acids is 2. The molecule has 0 bridgehead atoms. The Kier molecular flexibility index (Phi) is 8.41. The van der Waals surface area contributed by atoms with Gasteiger partial charge in [0.25, 0.3) is 5.91 Å². The van der Waals surface area contributed by atoms with Crippen LogP contribution in [0.15, 0.2) is 52.0 Å². The second-order valence-electron chi connectivity index (χ2n) is 7.59. The average molecular weight is 450 g/mol. The van der Waals surface area contributed by atoms with Crippen molar-refractivity contribution < 1.29 is 22.4 Å². The van der Waals surface area contributed by atoms with Crippen molar-refractivity contribution in [3.8, 4) is 0 Å². The molecule has 1 aromatic carbocycles. The maximum absolute atomic E-state index is 12.9. The Morgan fingerprint density at radius 2 is 1.77 bits per heavy atom. The molecule has 170 valence electrons. The van der Waals surface area contributed by atoms with E-state index in [2.05, 4.69) is 5.32 Å². The van der Waals surface area contributed by atoms with E-state index in [9.17, 15) is 18.0 Å². The number of carbonyl (C=O) groups is 2. The van der Waals surface area contributed by atoms with Crippen LogP contribution in [0.1, 0.15) is 43.8 Å². The SMILES string of the molecule is CCN(CC)S(=O)(=O)c1cccc(C(=O)N[C@H](C(=O)N(C)Cc2ccco2)C(C)C)c1. The van der Waals surface area contributed by atoms with Crippen LogP contribution in [-0.2, 0) is 21.4 Å². The Morgan fingerprint density at radius 1 is 1.10 bits per heavy atom. The lowest BCUT2D eigenvalue weighted by molar-refractivity contribution is -0.133. The molecule has 1 aromatic heterocycles. The number of rotatable bonds is 10. The van der Waals surface area contributed by atoms with Gasteiger partial charge >= 0.3 is 0 Å². The largest absolute Gasteiger partial charge is 0.467 e. The van der Waals surface area contributed by atoms with Gasteiger partial charge in [0.1, 0.15) is 11.8 Å². The molecule has 31 heavy (non-hydrogen) atoms. The van der Waals surface area contributed by atoms with Crippen LogP contribution in [0.5, 0.6) is 0 Å². The Labute approximate surface area is 184 Å². The molecule has 0 aliphatic heterocycles. The zero-order valence-corrected chi connectivity index (χ0v) is 19.5. The number of likely N-dealkylation sites (N-methyl/N-ethyl adjacent to an activating group) is 1. The van der Waals surface area contributed by atoms with Crippen LogP contribution in [0.25, 0.3) is 0 Å². The molecule has 0 fully saturated rings. The fourth-order valence-corrected chi connectivity index (χ4v) is 4.70. The minimum Gasteiger partial charge on any atom is -0.467 e. The second-order valence-corrected chi connectivity index (χ2v) is 9.52. The van der Waals surface area contributed by atoms with Crippen molar-refractivity contribution in [2.24, 2.45) is 5.92 Å². The maximum atomic E-state index is 12.9. The average Bonchev–Trinajstić information content (AvgIpc) is 3.24. The topological polar surface area (TPSA) is 99.9 Å². The summed E-state index contributed by atoms with van der Waals surface area (Å²) < 4.78 is 32.2. The number of benzene rings is 1. The lowest BCUT2D eigenvalue weighted by atomic mass is 10.0. The summed E-state index contributed by atoms with van der Waals surface area (Å²) in [5, 5.41) is 2.76. The number of amides is 2. The summed E-state index contributed by atoms with van der Waals surface area (Å²) in [6.07, 6.45) is 1.54. The zero-order valence-electron chi connectivity index (χ0n) is 18.7. The third kappa shape index (κ3) is 5.95. The number of hydrogen-bond donors (Lipinski definition) is 1. The molecule has 2 aromatic rings. The van der Waals surface area contributed by atoms with Crippen molar-refractivity contribution in [3.05, 3.63) is 54.0 Å². The molecule has 2 rings (SSSR count). The lowest BCUT2D eigenvalue weighted by Gasteiger charge is -2.26. The van der Waals surface area contributed by atoms with Gasteiger partial charge in [0.15, 0.2) is 0 Å². The lowest BCUT2D eigenvalue weighted by Crippen LogP contribution is -2.50. The van der Waals surface area contributed by atoms with Gasteiger partial charge in [-0.3, -0.25) is 9.59 Å². The van der Waals surface area contributed by atoms with E-state index < -0.39 is 22.0 Å². The summed E-state index contributed by atoms with van der Waals surface area (Å²) in [6, 6.07) is 8.62. The van der Waals surface area contributed by atoms with Crippen LogP contribution in [0.4, 0.5) is 0 Å². The van der Waals surface area contributed by atoms with Crippen LogP contribution in [0, 0.1) is 5.92 Å². The Hall–Kier alpha value is -2.65. The Morgan fingerprint density at radius 3 is 2.32 bits per heavy atom. The van der Waals surface area contributed by atoms with Gasteiger partial charge in [-0.05, 0) is 36.2 Å². The van der Waals surface area contributed by atoms with Crippen molar-refractivity contribution >= 4 is 21.8 Å². The molecule has 0 unspecified atom stereocenters. The number of sulfonamides is 1. The molecule has 0 saturated carbocycles. The smallest absolute Gasteiger partial charge is 0.251 e. The van der Waals surface area contributed by atoms with Crippen LogP contribution in [0.2, 0.25) is 0 Å². The zero-order chi connectivity index (χ0) is 23.2. The van der Waals surface area contributed by atoms with Crippen molar-refractivity contribution in [2.75, 3.05) is 20.1 Å². The highest BCUT2D eigenvalue weighted by Gasteiger charge is 2.28. The fraction of sp³-hybridized carbons (Fsp3) is 0.455. The van der Waals surface area contributed by atoms with Crippen molar-refractivity contribution in [3.63, 3.8) is 0 Å². The van der Waals surface area contributed by atoms with Gasteiger partial charge in [-0.1, -0.05) is 33.8 Å². The summed E-state index contributed by atoms with van der Waals surface area (Å²) in [6.45, 7) is 8.14. The third-order valence-electron chi connectivity index (χ3n) is 5.01. The summed E-state index contributed by atoms with van der Waals surface area (Å²) >= 11 is 0. The molecule has 0 radical (unpaired) electrons. The minimum absolute atomic E-state index is 0.0474. The van der Waals surface area contributed by atoms with E-state index in [1.807, 2.05) is 13.8 Å². The predicted molar refractivity (Wildman–Crippen MR) is 118 cm³/mol. The highest BCUT2D eigenvalue weighted by atomic mass is 32.2. The molecule has 9 heteroatoms. The summed E-state index contributed by atoms with van der Waals surface area (Å²) in [5.74, 6) is -0.293. The first-order chi connectivity index (χ1) is 14.6. The molecular formula is C22H31N3O5S. The number of hydrogen-bond acceptors (Lipinski definition) is 5.